The van der Waals surface area contributed by atoms with Crippen molar-refractivity contribution in [3.05, 3.63) is 96.1 Å². The zero-order chi connectivity index (χ0) is 18.8. The molecular weight excluding hydrogens is 330 g/mol. The van der Waals surface area contributed by atoms with Crippen LogP contribution in [-0.2, 0) is 0 Å². The second-order valence-corrected chi connectivity index (χ2v) is 6.88. The van der Waals surface area contributed by atoms with Crippen molar-refractivity contribution < 1.29 is 4.79 Å². The maximum atomic E-state index is 13.1. The number of hydrogen-bond donors (Lipinski definition) is 0. The number of benzene rings is 4. The number of rotatable bonds is 4. The van der Waals surface area contributed by atoms with Gasteiger partial charge in [0.05, 0.1) is 0 Å². The second kappa shape index (κ2) is 7.08. The number of ketones is 1. The Morgan fingerprint density at radius 3 is 1.89 bits per heavy atom. The summed E-state index contributed by atoms with van der Waals surface area (Å²) >= 11 is 0. The number of carbonyl (C=O) groups excluding carboxylic acids is 1. The largest absolute Gasteiger partial charge is 0.378 e. The number of hydrogen-bond acceptors (Lipinski definition) is 2. The molecule has 0 aliphatic rings. The van der Waals surface area contributed by atoms with Crippen LogP contribution < -0.4 is 4.90 Å². The molecule has 4 aromatic carbocycles. The first-order chi connectivity index (χ1) is 13.1. The maximum absolute atomic E-state index is 13.1. The van der Waals surface area contributed by atoms with Gasteiger partial charge in [-0.05, 0) is 51.4 Å². The Bertz CT molecular complexity index is 1100. The molecule has 0 amide bonds. The molecule has 0 saturated heterocycles. The quantitative estimate of drug-likeness (QED) is 0.257. The number of nitrogens with zero attached hydrogens (tertiary/aromatic N) is 1. The summed E-state index contributed by atoms with van der Waals surface area (Å²) in [6.07, 6.45) is 3.57. The molecule has 4 rings (SSSR count). The van der Waals surface area contributed by atoms with Crippen molar-refractivity contribution in [2.45, 2.75) is 0 Å². The van der Waals surface area contributed by atoms with Crippen molar-refractivity contribution in [2.75, 3.05) is 19.0 Å². The predicted molar refractivity (Wildman–Crippen MR) is 116 cm³/mol. The van der Waals surface area contributed by atoms with E-state index in [9.17, 15) is 4.79 Å². The predicted octanol–water partition coefficient (Wildman–Crippen LogP) is 5.96. The molecule has 2 nitrogen and oxygen atoms in total. The van der Waals surface area contributed by atoms with Crippen LogP contribution in [0.5, 0.6) is 0 Å². The van der Waals surface area contributed by atoms with Gasteiger partial charge in [-0.3, -0.25) is 4.79 Å². The minimum absolute atomic E-state index is 0.0275. The van der Waals surface area contributed by atoms with Crippen LogP contribution in [0.3, 0.4) is 0 Å². The Labute approximate surface area is 159 Å². The second-order valence-electron chi connectivity index (χ2n) is 6.88. The molecule has 0 aromatic heterocycles. The first-order valence-electron chi connectivity index (χ1n) is 9.04. The molecule has 2 heteroatoms. The first-order valence-corrected chi connectivity index (χ1v) is 9.04. The molecule has 0 spiro atoms. The SMILES string of the molecule is CN(C)c1ccc(C=CC(=O)c2c3ccccc3cc3ccccc23)cc1. The smallest absolute Gasteiger partial charge is 0.187 e. The van der Waals surface area contributed by atoms with Crippen LogP contribution in [-0.4, -0.2) is 19.9 Å². The lowest BCUT2D eigenvalue weighted by Crippen LogP contribution is -2.07. The average molecular weight is 351 g/mol. The van der Waals surface area contributed by atoms with Gasteiger partial charge in [0, 0.05) is 25.3 Å². The van der Waals surface area contributed by atoms with Gasteiger partial charge in [0.25, 0.3) is 0 Å². The topological polar surface area (TPSA) is 20.3 Å². The third-order valence-corrected chi connectivity index (χ3v) is 4.85. The minimum atomic E-state index is 0.0275. The van der Waals surface area contributed by atoms with Crippen LogP contribution in [0.4, 0.5) is 5.69 Å². The van der Waals surface area contributed by atoms with Crippen LogP contribution in [0.2, 0.25) is 0 Å². The van der Waals surface area contributed by atoms with Gasteiger partial charge in [-0.2, -0.15) is 0 Å². The highest BCUT2D eigenvalue weighted by Gasteiger charge is 2.12. The third-order valence-electron chi connectivity index (χ3n) is 4.85. The molecule has 0 bridgehead atoms. The van der Waals surface area contributed by atoms with Gasteiger partial charge >= 0.3 is 0 Å². The fourth-order valence-electron chi connectivity index (χ4n) is 3.42. The van der Waals surface area contributed by atoms with Crippen molar-refractivity contribution in [3.63, 3.8) is 0 Å². The number of fused-ring (bicyclic) bond motifs is 2. The van der Waals surface area contributed by atoms with Gasteiger partial charge in [0.1, 0.15) is 0 Å². The molecule has 132 valence electrons. The maximum Gasteiger partial charge on any atom is 0.187 e. The van der Waals surface area contributed by atoms with Gasteiger partial charge in [-0.1, -0.05) is 66.7 Å². The molecular formula is C25H21NO. The van der Waals surface area contributed by atoms with Crippen LogP contribution in [0.1, 0.15) is 15.9 Å². The summed E-state index contributed by atoms with van der Waals surface area (Å²) in [6, 6.07) is 26.4. The van der Waals surface area contributed by atoms with E-state index >= 15 is 0 Å². The molecule has 0 atom stereocenters. The number of anilines is 1. The van der Waals surface area contributed by atoms with Crippen molar-refractivity contribution in [3.8, 4) is 0 Å². The highest BCUT2D eigenvalue weighted by atomic mass is 16.1. The minimum Gasteiger partial charge on any atom is -0.378 e. The van der Waals surface area contributed by atoms with Crippen LogP contribution in [0.15, 0.2) is 84.9 Å². The lowest BCUT2D eigenvalue weighted by Gasteiger charge is -2.11. The summed E-state index contributed by atoms with van der Waals surface area (Å²) in [5, 5.41) is 4.16. The Morgan fingerprint density at radius 1 is 0.778 bits per heavy atom. The van der Waals surface area contributed by atoms with Crippen LogP contribution in [0, 0.1) is 0 Å². The molecule has 0 heterocycles. The van der Waals surface area contributed by atoms with E-state index in [2.05, 4.69) is 35.2 Å². The first kappa shape index (κ1) is 17.0. The zero-order valence-electron chi connectivity index (χ0n) is 15.5. The highest BCUT2D eigenvalue weighted by Crippen LogP contribution is 2.29. The summed E-state index contributed by atoms with van der Waals surface area (Å²) in [5.41, 5.74) is 2.92. The lowest BCUT2D eigenvalue weighted by molar-refractivity contribution is 0.105. The van der Waals surface area contributed by atoms with Gasteiger partial charge in [-0.25, -0.2) is 0 Å². The van der Waals surface area contributed by atoms with E-state index < -0.39 is 0 Å². The van der Waals surface area contributed by atoms with E-state index in [0.29, 0.717) is 0 Å². The van der Waals surface area contributed by atoms with Crippen LogP contribution >= 0.6 is 0 Å². The van der Waals surface area contributed by atoms with Crippen LogP contribution in [0.25, 0.3) is 27.6 Å². The Balaban J connectivity index is 1.77. The van der Waals surface area contributed by atoms with Crippen molar-refractivity contribution in [2.24, 2.45) is 0 Å². The van der Waals surface area contributed by atoms with E-state index in [1.54, 1.807) is 6.08 Å². The van der Waals surface area contributed by atoms with E-state index in [1.165, 1.54) is 0 Å². The molecule has 4 aromatic rings. The fraction of sp³-hybridized carbons (Fsp3) is 0.0800. The van der Waals surface area contributed by atoms with Crippen molar-refractivity contribution in [1.82, 2.24) is 0 Å². The van der Waals surface area contributed by atoms with Crippen molar-refractivity contribution in [1.29, 1.82) is 0 Å². The molecule has 0 aliphatic heterocycles. The monoisotopic (exact) mass is 351 g/mol. The highest BCUT2D eigenvalue weighted by molar-refractivity contribution is 6.23. The van der Waals surface area contributed by atoms with E-state index in [4.69, 9.17) is 0 Å². The van der Waals surface area contributed by atoms with Gasteiger partial charge in [-0.15, -0.1) is 0 Å². The Hall–Kier alpha value is -3.39. The molecule has 0 aliphatic carbocycles. The van der Waals surface area contributed by atoms with E-state index in [0.717, 1.165) is 38.4 Å². The summed E-state index contributed by atoms with van der Waals surface area (Å²) in [5.74, 6) is 0.0275. The zero-order valence-corrected chi connectivity index (χ0v) is 15.5. The third kappa shape index (κ3) is 3.34. The van der Waals surface area contributed by atoms with Gasteiger partial charge in [0.15, 0.2) is 5.78 Å². The molecule has 0 fully saturated rings. The normalized spacial score (nSPS) is 11.3. The molecule has 0 radical (unpaired) electrons. The van der Waals surface area contributed by atoms with Gasteiger partial charge in [0.2, 0.25) is 0 Å². The standard InChI is InChI=1S/C25H21NO/c1-26(2)21-14-11-18(12-15-21)13-16-24(27)25-22-9-5-3-7-19(22)17-20-8-4-6-10-23(20)25/h3-17H,1-2H3. The number of allylic oxidation sites excluding steroid dienone is 1. The fourth-order valence-corrected chi connectivity index (χ4v) is 3.42. The molecule has 0 unspecified atom stereocenters. The lowest BCUT2D eigenvalue weighted by atomic mass is 9.94. The summed E-state index contributed by atoms with van der Waals surface area (Å²) in [4.78, 5) is 15.2. The Kier molecular flexibility index (Phi) is 4.47. The van der Waals surface area contributed by atoms with Gasteiger partial charge < -0.3 is 4.90 Å². The van der Waals surface area contributed by atoms with E-state index in [1.807, 2.05) is 68.7 Å². The summed E-state index contributed by atoms with van der Waals surface area (Å²) in [7, 11) is 4.03. The summed E-state index contributed by atoms with van der Waals surface area (Å²) in [6.45, 7) is 0. The molecule has 0 N–H and O–H groups in total. The number of carbonyl (C=O) groups is 1. The average Bonchev–Trinajstić information content (AvgIpc) is 2.70. The van der Waals surface area contributed by atoms with Crippen molar-refractivity contribution >= 4 is 39.1 Å². The summed E-state index contributed by atoms with van der Waals surface area (Å²) < 4.78 is 0. The van der Waals surface area contributed by atoms with E-state index in [-0.39, 0.29) is 5.78 Å². The molecule has 27 heavy (non-hydrogen) atoms. The molecule has 0 saturated carbocycles. The Morgan fingerprint density at radius 2 is 1.33 bits per heavy atom.